The van der Waals surface area contributed by atoms with Crippen LogP contribution in [0.25, 0.3) is 0 Å². The van der Waals surface area contributed by atoms with Crippen molar-refractivity contribution in [3.05, 3.63) is 29.8 Å². The molecule has 0 saturated heterocycles. The molecule has 0 spiro atoms. The number of ether oxygens (including phenoxy) is 1. The summed E-state index contributed by atoms with van der Waals surface area (Å²) in [5.74, 6) is 0.676. The second kappa shape index (κ2) is 3.97. The Morgan fingerprint density at radius 3 is 2.71 bits per heavy atom. The van der Waals surface area contributed by atoms with Crippen LogP contribution in [-0.4, -0.2) is 18.9 Å². The van der Waals surface area contributed by atoms with Crippen LogP contribution in [0.5, 0.6) is 5.75 Å². The molecule has 0 aromatic heterocycles. The number of nitrogens with zero attached hydrogens (tertiary/aromatic N) is 1. The number of isocyanates is 1. The summed E-state index contributed by atoms with van der Waals surface area (Å²) in [7, 11) is 1.56. The van der Waals surface area contributed by atoms with Crippen LogP contribution in [0.3, 0.4) is 0 Å². The summed E-state index contributed by atoms with van der Waals surface area (Å²) in [6.07, 6.45) is 1.97. The van der Waals surface area contributed by atoms with E-state index in [9.17, 15) is 9.18 Å². The fraction of sp³-hybridized carbons (Fsp3) is 0.462. The highest BCUT2D eigenvalue weighted by molar-refractivity contribution is 5.43. The predicted molar refractivity (Wildman–Crippen MR) is 61.5 cm³/mol. The third-order valence-electron chi connectivity index (χ3n) is 3.19. The highest BCUT2D eigenvalue weighted by Crippen LogP contribution is 2.53. The minimum Gasteiger partial charge on any atom is -0.497 e. The van der Waals surface area contributed by atoms with Gasteiger partial charge >= 0.3 is 0 Å². The van der Waals surface area contributed by atoms with Gasteiger partial charge < -0.3 is 4.74 Å². The molecule has 1 fully saturated rings. The Morgan fingerprint density at radius 2 is 2.18 bits per heavy atom. The van der Waals surface area contributed by atoms with Gasteiger partial charge in [-0.2, -0.15) is 4.99 Å². The first kappa shape index (κ1) is 11.8. The molecular formula is C13H14FNO2. The van der Waals surface area contributed by atoms with Gasteiger partial charge in [-0.05, 0) is 24.6 Å². The van der Waals surface area contributed by atoms with Crippen LogP contribution in [0.2, 0.25) is 0 Å². The van der Waals surface area contributed by atoms with E-state index in [1.165, 1.54) is 6.92 Å². The molecule has 0 radical (unpaired) electrons. The fourth-order valence-corrected chi connectivity index (χ4v) is 2.52. The lowest BCUT2D eigenvalue weighted by atomic mass is 9.64. The van der Waals surface area contributed by atoms with E-state index in [1.807, 2.05) is 12.1 Å². The van der Waals surface area contributed by atoms with Crippen molar-refractivity contribution in [2.75, 3.05) is 7.11 Å². The van der Waals surface area contributed by atoms with Crippen molar-refractivity contribution in [3.8, 4) is 5.75 Å². The molecule has 90 valence electrons. The minimum atomic E-state index is -1.26. The summed E-state index contributed by atoms with van der Waals surface area (Å²) >= 11 is 0. The number of rotatable bonds is 3. The number of benzene rings is 1. The summed E-state index contributed by atoms with van der Waals surface area (Å²) < 4.78 is 18.8. The van der Waals surface area contributed by atoms with Crippen LogP contribution in [0, 0.1) is 0 Å². The minimum absolute atomic E-state index is 0.211. The zero-order valence-electron chi connectivity index (χ0n) is 9.87. The molecule has 0 N–H and O–H groups in total. The number of halogens is 1. The first-order valence-electron chi connectivity index (χ1n) is 5.44. The Labute approximate surface area is 99.3 Å². The number of alkyl halides is 1. The monoisotopic (exact) mass is 235 g/mol. The largest absolute Gasteiger partial charge is 0.497 e. The van der Waals surface area contributed by atoms with Crippen molar-refractivity contribution in [2.45, 2.75) is 31.0 Å². The third kappa shape index (κ3) is 2.08. The summed E-state index contributed by atoms with van der Waals surface area (Å²) in [6.45, 7) is 1.52. The number of hydrogen-bond acceptors (Lipinski definition) is 3. The number of aliphatic imine (C=N–C) groups is 1. The zero-order valence-corrected chi connectivity index (χ0v) is 9.87. The van der Waals surface area contributed by atoms with Crippen LogP contribution >= 0.6 is 0 Å². The molecule has 0 atom stereocenters. The Kier molecular flexibility index (Phi) is 2.76. The van der Waals surface area contributed by atoms with E-state index in [0.717, 1.165) is 5.56 Å². The molecule has 17 heavy (non-hydrogen) atoms. The lowest BCUT2D eigenvalue weighted by Gasteiger charge is -2.46. The molecule has 1 saturated carbocycles. The number of carbonyl (C=O) groups excluding carboxylic acids is 1. The topological polar surface area (TPSA) is 38.7 Å². The Bertz CT molecular complexity index is 470. The maximum absolute atomic E-state index is 13.7. The molecule has 4 heteroatoms. The number of hydrogen-bond donors (Lipinski definition) is 0. The molecule has 0 bridgehead atoms. The summed E-state index contributed by atoms with van der Waals surface area (Å²) in [4.78, 5) is 14.3. The highest BCUT2D eigenvalue weighted by Gasteiger charge is 2.54. The lowest BCUT2D eigenvalue weighted by molar-refractivity contribution is 0.00276. The molecule has 2 rings (SSSR count). The van der Waals surface area contributed by atoms with Crippen LogP contribution in [0.1, 0.15) is 25.3 Å². The summed E-state index contributed by atoms with van der Waals surface area (Å²) in [6, 6.07) is 7.23. The van der Waals surface area contributed by atoms with Crippen molar-refractivity contribution >= 4 is 6.08 Å². The molecule has 1 aliphatic carbocycles. The summed E-state index contributed by atoms with van der Waals surface area (Å²) in [5, 5.41) is 0. The second-order valence-electron chi connectivity index (χ2n) is 4.73. The van der Waals surface area contributed by atoms with E-state index in [0.29, 0.717) is 5.75 Å². The highest BCUT2D eigenvalue weighted by atomic mass is 19.1. The zero-order chi connectivity index (χ0) is 12.5. The van der Waals surface area contributed by atoms with Gasteiger partial charge in [-0.25, -0.2) is 9.18 Å². The molecule has 0 aliphatic heterocycles. The van der Waals surface area contributed by atoms with E-state index in [1.54, 1.807) is 25.3 Å². The Balaban J connectivity index is 2.38. The lowest BCUT2D eigenvalue weighted by Crippen LogP contribution is -2.48. The van der Waals surface area contributed by atoms with Gasteiger partial charge in [0.2, 0.25) is 6.08 Å². The third-order valence-corrected chi connectivity index (χ3v) is 3.19. The molecule has 1 aromatic carbocycles. The molecule has 0 heterocycles. The van der Waals surface area contributed by atoms with Gasteiger partial charge in [-0.1, -0.05) is 12.1 Å². The predicted octanol–water partition coefficient (Wildman–Crippen LogP) is 2.75. The van der Waals surface area contributed by atoms with E-state index >= 15 is 0 Å². The van der Waals surface area contributed by atoms with E-state index < -0.39 is 11.2 Å². The average Bonchev–Trinajstić information content (AvgIpc) is 2.27. The molecule has 0 unspecified atom stereocenters. The van der Waals surface area contributed by atoms with E-state index in [-0.39, 0.29) is 12.8 Å². The summed E-state index contributed by atoms with van der Waals surface area (Å²) in [5.41, 5.74) is -1.22. The van der Waals surface area contributed by atoms with E-state index in [2.05, 4.69) is 4.99 Å². The van der Waals surface area contributed by atoms with Gasteiger partial charge in [0.25, 0.3) is 0 Å². The van der Waals surface area contributed by atoms with Crippen LogP contribution in [0.15, 0.2) is 29.3 Å². The van der Waals surface area contributed by atoms with Gasteiger partial charge in [0.1, 0.15) is 17.0 Å². The molecule has 3 nitrogen and oxygen atoms in total. The number of methoxy groups -OCH3 is 1. The van der Waals surface area contributed by atoms with Crippen molar-refractivity contribution in [1.82, 2.24) is 0 Å². The maximum atomic E-state index is 13.7. The SMILES string of the molecule is COc1cccc(C2(N=C=O)CC(C)(F)C2)c1. The van der Waals surface area contributed by atoms with Crippen molar-refractivity contribution in [1.29, 1.82) is 0 Å². The van der Waals surface area contributed by atoms with Crippen molar-refractivity contribution in [3.63, 3.8) is 0 Å². The fourth-order valence-electron chi connectivity index (χ4n) is 2.52. The average molecular weight is 235 g/mol. The molecule has 1 aliphatic rings. The van der Waals surface area contributed by atoms with Crippen molar-refractivity contribution in [2.24, 2.45) is 4.99 Å². The van der Waals surface area contributed by atoms with Gasteiger partial charge in [0, 0.05) is 12.8 Å². The first-order chi connectivity index (χ1) is 8.01. The van der Waals surface area contributed by atoms with Gasteiger partial charge in [-0.3, -0.25) is 0 Å². The van der Waals surface area contributed by atoms with Crippen molar-refractivity contribution < 1.29 is 13.9 Å². The maximum Gasteiger partial charge on any atom is 0.235 e. The van der Waals surface area contributed by atoms with Crippen LogP contribution in [-0.2, 0) is 10.3 Å². The molecule has 0 amide bonds. The van der Waals surface area contributed by atoms with Crippen LogP contribution < -0.4 is 4.74 Å². The second-order valence-corrected chi connectivity index (χ2v) is 4.73. The Hall–Kier alpha value is -1.67. The van der Waals surface area contributed by atoms with Gasteiger partial charge in [0.15, 0.2) is 0 Å². The smallest absolute Gasteiger partial charge is 0.235 e. The molecular weight excluding hydrogens is 221 g/mol. The van der Waals surface area contributed by atoms with Gasteiger partial charge in [-0.15, -0.1) is 0 Å². The standard InChI is InChI=1S/C13H14FNO2/c1-12(14)7-13(8-12,15-9-16)10-4-3-5-11(6-10)17-2/h3-6H,7-8H2,1-2H3. The van der Waals surface area contributed by atoms with Gasteiger partial charge in [0.05, 0.1) is 7.11 Å². The normalized spacial score (nSPS) is 31.2. The Morgan fingerprint density at radius 1 is 1.47 bits per heavy atom. The first-order valence-corrected chi connectivity index (χ1v) is 5.44. The van der Waals surface area contributed by atoms with Crippen LogP contribution in [0.4, 0.5) is 4.39 Å². The molecule has 1 aromatic rings. The van der Waals surface area contributed by atoms with E-state index in [4.69, 9.17) is 4.74 Å². The quantitative estimate of drug-likeness (QED) is 0.597.